The molecular formula is C18H18BrFN4O3. The van der Waals surface area contributed by atoms with Crippen LogP contribution in [0.5, 0.6) is 0 Å². The summed E-state index contributed by atoms with van der Waals surface area (Å²) in [5.41, 5.74) is 1.10. The Morgan fingerprint density at radius 2 is 1.89 bits per heavy atom. The van der Waals surface area contributed by atoms with Crippen LogP contribution in [0.2, 0.25) is 0 Å². The van der Waals surface area contributed by atoms with E-state index in [0.717, 1.165) is 5.69 Å². The Morgan fingerprint density at radius 1 is 1.19 bits per heavy atom. The fourth-order valence-electron chi connectivity index (χ4n) is 2.97. The van der Waals surface area contributed by atoms with Crippen molar-refractivity contribution in [3.05, 3.63) is 62.9 Å². The van der Waals surface area contributed by atoms with Gasteiger partial charge in [-0.15, -0.1) is 0 Å². The molecule has 7 nitrogen and oxygen atoms in total. The molecule has 1 aliphatic heterocycles. The Morgan fingerprint density at radius 3 is 2.52 bits per heavy atom. The maximum absolute atomic E-state index is 13.6. The molecule has 27 heavy (non-hydrogen) atoms. The molecule has 0 radical (unpaired) electrons. The predicted octanol–water partition coefficient (Wildman–Crippen LogP) is 3.26. The van der Waals surface area contributed by atoms with Gasteiger partial charge in [0, 0.05) is 42.8 Å². The number of hydrogen-bond donors (Lipinski definition) is 1. The predicted molar refractivity (Wildman–Crippen MR) is 104 cm³/mol. The lowest BCUT2D eigenvalue weighted by Crippen LogP contribution is -2.48. The zero-order valence-electron chi connectivity index (χ0n) is 14.4. The highest BCUT2D eigenvalue weighted by Gasteiger charge is 2.22. The SMILES string of the molecule is O=C(CN1CCN(c2ccc([N+](=O)[O-])cc2Br)CC1)Nc1ccccc1F. The Kier molecular flexibility index (Phi) is 6.02. The Hall–Kier alpha value is -2.52. The van der Waals surface area contributed by atoms with Gasteiger partial charge in [0.25, 0.3) is 5.69 Å². The van der Waals surface area contributed by atoms with E-state index in [2.05, 4.69) is 26.1 Å². The summed E-state index contributed by atoms with van der Waals surface area (Å²) in [6, 6.07) is 10.8. The Bertz CT molecular complexity index is 856. The zero-order chi connectivity index (χ0) is 19.4. The van der Waals surface area contributed by atoms with Gasteiger partial charge in [0.05, 0.1) is 22.8 Å². The number of benzene rings is 2. The van der Waals surface area contributed by atoms with Gasteiger partial charge in [-0.3, -0.25) is 19.8 Å². The Labute approximate surface area is 164 Å². The van der Waals surface area contributed by atoms with Crippen LogP contribution < -0.4 is 10.2 Å². The largest absolute Gasteiger partial charge is 0.368 e. The molecule has 1 heterocycles. The number of carbonyl (C=O) groups is 1. The van der Waals surface area contributed by atoms with Crippen LogP contribution in [0.4, 0.5) is 21.5 Å². The first-order valence-electron chi connectivity index (χ1n) is 8.39. The van der Waals surface area contributed by atoms with E-state index in [1.54, 1.807) is 18.2 Å². The number of nitro benzene ring substituents is 1. The van der Waals surface area contributed by atoms with Crippen molar-refractivity contribution in [2.24, 2.45) is 0 Å². The van der Waals surface area contributed by atoms with Crippen LogP contribution in [-0.2, 0) is 4.79 Å². The fourth-order valence-corrected chi connectivity index (χ4v) is 3.59. The van der Waals surface area contributed by atoms with E-state index in [1.165, 1.54) is 24.3 Å². The normalized spacial score (nSPS) is 14.8. The number of halogens is 2. The molecule has 0 atom stereocenters. The number of carbonyl (C=O) groups excluding carboxylic acids is 1. The molecule has 3 rings (SSSR count). The van der Waals surface area contributed by atoms with Crippen molar-refractivity contribution in [3.63, 3.8) is 0 Å². The number of nitrogens with zero attached hydrogens (tertiary/aromatic N) is 3. The van der Waals surface area contributed by atoms with Gasteiger partial charge in [-0.1, -0.05) is 12.1 Å². The van der Waals surface area contributed by atoms with Gasteiger partial charge < -0.3 is 10.2 Å². The minimum absolute atomic E-state index is 0.0362. The molecule has 1 N–H and O–H groups in total. The first kappa shape index (κ1) is 19.2. The maximum atomic E-state index is 13.6. The smallest absolute Gasteiger partial charge is 0.270 e. The van der Waals surface area contributed by atoms with Crippen LogP contribution in [-0.4, -0.2) is 48.5 Å². The van der Waals surface area contributed by atoms with E-state index in [0.29, 0.717) is 30.7 Å². The van der Waals surface area contributed by atoms with Crippen molar-refractivity contribution in [1.29, 1.82) is 0 Å². The second-order valence-corrected chi connectivity index (χ2v) is 7.04. The summed E-state index contributed by atoms with van der Waals surface area (Å²) in [5.74, 6) is -0.719. The van der Waals surface area contributed by atoms with Crippen LogP contribution >= 0.6 is 15.9 Å². The molecule has 0 aliphatic carbocycles. The molecule has 0 spiro atoms. The average molecular weight is 437 g/mol. The summed E-state index contributed by atoms with van der Waals surface area (Å²) >= 11 is 3.39. The van der Waals surface area contributed by atoms with Gasteiger partial charge in [0.15, 0.2) is 0 Å². The number of piperazine rings is 1. The number of amides is 1. The number of nitro groups is 1. The molecule has 1 aliphatic rings. The molecule has 142 valence electrons. The van der Waals surface area contributed by atoms with Crippen LogP contribution in [0, 0.1) is 15.9 Å². The standard InChI is InChI=1S/C18H18BrFN4O3/c19-14-11-13(24(26)27)5-6-17(14)23-9-7-22(8-10-23)12-18(25)21-16-4-2-1-3-15(16)20/h1-6,11H,7-10,12H2,(H,21,25). The minimum atomic E-state index is -0.460. The van der Waals surface area contributed by atoms with E-state index in [-0.39, 0.29) is 23.8 Å². The van der Waals surface area contributed by atoms with Gasteiger partial charge in [-0.25, -0.2) is 4.39 Å². The van der Waals surface area contributed by atoms with Crippen LogP contribution in [0.1, 0.15) is 0 Å². The van der Waals surface area contributed by atoms with Crippen LogP contribution in [0.15, 0.2) is 46.9 Å². The summed E-state index contributed by atoms with van der Waals surface area (Å²) < 4.78 is 14.3. The quantitative estimate of drug-likeness (QED) is 0.574. The topological polar surface area (TPSA) is 78.7 Å². The average Bonchev–Trinajstić information content (AvgIpc) is 2.64. The number of para-hydroxylation sites is 1. The summed E-state index contributed by atoms with van der Waals surface area (Å²) in [5, 5.41) is 13.4. The van der Waals surface area contributed by atoms with Gasteiger partial charge in [-0.05, 0) is 34.1 Å². The van der Waals surface area contributed by atoms with Crippen molar-refractivity contribution in [2.75, 3.05) is 42.9 Å². The molecule has 1 amide bonds. The molecule has 2 aromatic carbocycles. The molecule has 0 aromatic heterocycles. The second kappa shape index (κ2) is 8.45. The lowest BCUT2D eigenvalue weighted by Gasteiger charge is -2.36. The monoisotopic (exact) mass is 436 g/mol. The van der Waals surface area contributed by atoms with Crippen molar-refractivity contribution in [3.8, 4) is 0 Å². The third-order valence-corrected chi connectivity index (χ3v) is 5.01. The van der Waals surface area contributed by atoms with Gasteiger partial charge in [0.1, 0.15) is 5.82 Å². The van der Waals surface area contributed by atoms with Gasteiger partial charge in [-0.2, -0.15) is 0 Å². The molecule has 9 heteroatoms. The van der Waals surface area contributed by atoms with Crippen molar-refractivity contribution < 1.29 is 14.1 Å². The summed E-state index contributed by atoms with van der Waals surface area (Å²) in [6.07, 6.45) is 0. The number of non-ortho nitro benzene ring substituents is 1. The first-order valence-corrected chi connectivity index (χ1v) is 9.19. The summed E-state index contributed by atoms with van der Waals surface area (Å²) in [7, 11) is 0. The molecule has 0 unspecified atom stereocenters. The van der Waals surface area contributed by atoms with Crippen molar-refractivity contribution in [1.82, 2.24) is 4.90 Å². The van der Waals surface area contributed by atoms with Crippen LogP contribution in [0.3, 0.4) is 0 Å². The third kappa shape index (κ3) is 4.81. The maximum Gasteiger partial charge on any atom is 0.270 e. The lowest BCUT2D eigenvalue weighted by atomic mass is 10.2. The lowest BCUT2D eigenvalue weighted by molar-refractivity contribution is -0.384. The van der Waals surface area contributed by atoms with E-state index >= 15 is 0 Å². The van der Waals surface area contributed by atoms with Crippen molar-refractivity contribution in [2.45, 2.75) is 0 Å². The number of hydrogen-bond acceptors (Lipinski definition) is 5. The van der Waals surface area contributed by atoms with E-state index < -0.39 is 10.7 Å². The minimum Gasteiger partial charge on any atom is -0.368 e. The van der Waals surface area contributed by atoms with Crippen molar-refractivity contribution >= 4 is 38.9 Å². The number of anilines is 2. The number of nitrogens with one attached hydrogen (secondary N) is 1. The molecule has 0 saturated carbocycles. The molecule has 2 aromatic rings. The molecule has 1 saturated heterocycles. The second-order valence-electron chi connectivity index (χ2n) is 6.18. The molecular weight excluding hydrogens is 419 g/mol. The van der Waals surface area contributed by atoms with Crippen LogP contribution in [0.25, 0.3) is 0 Å². The van der Waals surface area contributed by atoms with E-state index in [1.807, 2.05) is 4.90 Å². The fraction of sp³-hybridized carbons (Fsp3) is 0.278. The summed E-state index contributed by atoms with van der Waals surface area (Å²) in [4.78, 5) is 26.6. The first-order chi connectivity index (χ1) is 12.9. The zero-order valence-corrected chi connectivity index (χ0v) is 16.0. The highest BCUT2D eigenvalue weighted by atomic mass is 79.9. The Balaban J connectivity index is 1.54. The van der Waals surface area contributed by atoms with E-state index in [4.69, 9.17) is 0 Å². The van der Waals surface area contributed by atoms with Gasteiger partial charge in [0.2, 0.25) is 5.91 Å². The van der Waals surface area contributed by atoms with E-state index in [9.17, 15) is 19.3 Å². The highest BCUT2D eigenvalue weighted by Crippen LogP contribution is 2.30. The van der Waals surface area contributed by atoms with Gasteiger partial charge >= 0.3 is 0 Å². The summed E-state index contributed by atoms with van der Waals surface area (Å²) in [6.45, 7) is 2.87. The third-order valence-electron chi connectivity index (χ3n) is 4.37. The number of rotatable bonds is 5. The molecule has 1 fully saturated rings. The molecule has 0 bridgehead atoms. The highest BCUT2D eigenvalue weighted by molar-refractivity contribution is 9.10.